The van der Waals surface area contributed by atoms with Crippen molar-refractivity contribution in [2.45, 2.75) is 56.8 Å². The topological polar surface area (TPSA) is 78.8 Å². The number of fused-ring (bicyclic) bond motifs is 1. The van der Waals surface area contributed by atoms with E-state index < -0.39 is 12.1 Å². The van der Waals surface area contributed by atoms with Crippen molar-refractivity contribution in [2.75, 3.05) is 13.2 Å². The molecule has 0 unspecified atom stereocenters. The minimum Gasteiger partial charge on any atom is -0.478 e. The summed E-state index contributed by atoms with van der Waals surface area (Å²) in [7, 11) is 0. The van der Waals surface area contributed by atoms with Gasteiger partial charge in [-0.2, -0.15) is 0 Å². The van der Waals surface area contributed by atoms with Gasteiger partial charge >= 0.3 is 5.97 Å². The maximum atomic E-state index is 10.8. The summed E-state index contributed by atoms with van der Waals surface area (Å²) in [5, 5.41) is 23.0. The summed E-state index contributed by atoms with van der Waals surface area (Å²) < 4.78 is 5.93. The van der Waals surface area contributed by atoms with E-state index >= 15 is 0 Å². The van der Waals surface area contributed by atoms with E-state index in [9.17, 15) is 9.90 Å². The molecule has 170 valence electrons. The number of aliphatic hydroxyl groups excluding tert-OH is 1. The maximum Gasteiger partial charge on any atom is 0.328 e. The van der Waals surface area contributed by atoms with Gasteiger partial charge in [-0.3, -0.25) is 0 Å². The van der Waals surface area contributed by atoms with Gasteiger partial charge in [0.2, 0.25) is 0 Å². The zero-order valence-electron chi connectivity index (χ0n) is 18.7. The van der Waals surface area contributed by atoms with E-state index in [2.05, 4.69) is 29.6 Å². The second-order valence-electron chi connectivity index (χ2n) is 9.34. The first kappa shape index (κ1) is 22.7. The van der Waals surface area contributed by atoms with Crippen molar-refractivity contribution in [3.05, 3.63) is 76.9 Å². The molecule has 2 aromatic rings. The van der Waals surface area contributed by atoms with Crippen molar-refractivity contribution in [1.29, 1.82) is 0 Å². The molecule has 0 spiro atoms. The molecule has 0 bridgehead atoms. The second-order valence-corrected chi connectivity index (χ2v) is 9.34. The van der Waals surface area contributed by atoms with Gasteiger partial charge in [0.25, 0.3) is 0 Å². The van der Waals surface area contributed by atoms with Crippen LogP contribution in [0.4, 0.5) is 0 Å². The van der Waals surface area contributed by atoms with Gasteiger partial charge in [0.15, 0.2) is 0 Å². The number of hydrogen-bond acceptors (Lipinski definition) is 4. The van der Waals surface area contributed by atoms with Gasteiger partial charge in [-0.15, -0.1) is 0 Å². The Balaban J connectivity index is 1.23. The smallest absolute Gasteiger partial charge is 0.328 e. The van der Waals surface area contributed by atoms with Crippen LogP contribution in [0.25, 0.3) is 6.08 Å². The van der Waals surface area contributed by atoms with Crippen LogP contribution < -0.4 is 5.32 Å². The fraction of sp³-hybridized carbons (Fsp3) is 0.444. The molecule has 0 amide bonds. The van der Waals surface area contributed by atoms with Crippen molar-refractivity contribution < 1.29 is 19.7 Å². The predicted molar refractivity (Wildman–Crippen MR) is 125 cm³/mol. The van der Waals surface area contributed by atoms with Gasteiger partial charge in [-0.1, -0.05) is 48.5 Å². The van der Waals surface area contributed by atoms with E-state index in [1.165, 1.54) is 36.8 Å². The van der Waals surface area contributed by atoms with Crippen LogP contribution in [0.15, 0.2) is 54.6 Å². The molecule has 5 heteroatoms. The van der Waals surface area contributed by atoms with Crippen LogP contribution in [0.1, 0.15) is 54.5 Å². The standard InChI is InChI=1S/C27H33NO4/c1-19(25-9-5-4-6-21(25)10-11-26(30)31)32-18-24(29)17-28-27(12-13-27)16-20-14-22-7-2-3-8-23(22)15-20/h2-11,19-20,24,28-29H,12-18H2,1H3,(H,30,31)/b11-10+/t19-,24-/m1/s1. The van der Waals surface area contributed by atoms with Gasteiger partial charge < -0.3 is 20.3 Å². The fourth-order valence-electron chi connectivity index (χ4n) is 4.88. The van der Waals surface area contributed by atoms with E-state index in [1.807, 2.05) is 31.2 Å². The fourth-order valence-corrected chi connectivity index (χ4v) is 4.88. The molecule has 3 N–H and O–H groups in total. The molecule has 0 aromatic heterocycles. The third-order valence-electron chi connectivity index (χ3n) is 6.76. The summed E-state index contributed by atoms with van der Waals surface area (Å²) in [5.74, 6) is -0.295. The van der Waals surface area contributed by atoms with Crippen LogP contribution in [0.5, 0.6) is 0 Å². The Hall–Kier alpha value is -2.47. The number of aliphatic carboxylic acids is 1. The van der Waals surface area contributed by atoms with Crippen LogP contribution in [-0.4, -0.2) is 41.0 Å². The molecule has 0 radical (unpaired) electrons. The van der Waals surface area contributed by atoms with E-state index in [0.29, 0.717) is 12.5 Å². The Morgan fingerprint density at radius 3 is 2.47 bits per heavy atom. The third kappa shape index (κ3) is 5.85. The van der Waals surface area contributed by atoms with E-state index in [-0.39, 0.29) is 18.2 Å². The second kappa shape index (κ2) is 9.99. The summed E-state index contributed by atoms with van der Waals surface area (Å²) in [6, 6.07) is 16.3. The molecular weight excluding hydrogens is 402 g/mol. The van der Waals surface area contributed by atoms with Gasteiger partial charge in [0, 0.05) is 18.2 Å². The first-order valence-electron chi connectivity index (χ1n) is 11.6. The summed E-state index contributed by atoms with van der Waals surface area (Å²) in [4.78, 5) is 10.8. The molecule has 4 rings (SSSR count). The maximum absolute atomic E-state index is 10.8. The normalized spacial score (nSPS) is 19.1. The molecule has 2 atom stereocenters. The lowest BCUT2D eigenvalue weighted by molar-refractivity contribution is -0.131. The largest absolute Gasteiger partial charge is 0.478 e. The molecular formula is C27H33NO4. The monoisotopic (exact) mass is 435 g/mol. The number of hydrogen-bond donors (Lipinski definition) is 3. The summed E-state index contributed by atoms with van der Waals surface area (Å²) in [6.07, 6.45) is 7.71. The van der Waals surface area contributed by atoms with Crippen LogP contribution in [0.2, 0.25) is 0 Å². The predicted octanol–water partition coefficient (Wildman–Crippen LogP) is 4.15. The Bertz CT molecular complexity index is 941. The van der Waals surface area contributed by atoms with Crippen molar-refractivity contribution in [2.24, 2.45) is 5.92 Å². The van der Waals surface area contributed by atoms with E-state index in [0.717, 1.165) is 23.6 Å². The molecule has 0 saturated heterocycles. The first-order chi connectivity index (χ1) is 15.4. The highest BCUT2D eigenvalue weighted by Crippen LogP contribution is 2.44. The van der Waals surface area contributed by atoms with E-state index in [4.69, 9.17) is 9.84 Å². The molecule has 0 heterocycles. The summed E-state index contributed by atoms with van der Waals surface area (Å²) in [6.45, 7) is 2.68. The third-order valence-corrected chi connectivity index (χ3v) is 6.76. The number of benzene rings is 2. The Morgan fingerprint density at radius 1 is 1.16 bits per heavy atom. The Morgan fingerprint density at radius 2 is 1.81 bits per heavy atom. The minimum absolute atomic E-state index is 0.174. The molecule has 0 aliphatic heterocycles. The number of rotatable bonds is 11. The highest BCUT2D eigenvalue weighted by Gasteiger charge is 2.44. The van der Waals surface area contributed by atoms with Gasteiger partial charge in [-0.25, -0.2) is 4.79 Å². The van der Waals surface area contributed by atoms with Crippen LogP contribution >= 0.6 is 0 Å². The molecule has 5 nitrogen and oxygen atoms in total. The average molecular weight is 436 g/mol. The lowest BCUT2D eigenvalue weighted by atomic mass is 9.95. The van der Waals surface area contributed by atoms with Crippen LogP contribution in [0, 0.1) is 5.92 Å². The van der Waals surface area contributed by atoms with Crippen LogP contribution in [0.3, 0.4) is 0 Å². The minimum atomic E-state index is -0.981. The van der Waals surface area contributed by atoms with Crippen LogP contribution in [-0.2, 0) is 22.4 Å². The Kier molecular flexibility index (Phi) is 7.09. The van der Waals surface area contributed by atoms with Gasteiger partial charge in [0.05, 0.1) is 18.8 Å². The van der Waals surface area contributed by atoms with Crippen molar-refractivity contribution in [1.82, 2.24) is 5.32 Å². The highest BCUT2D eigenvalue weighted by molar-refractivity contribution is 5.85. The van der Waals surface area contributed by atoms with E-state index in [1.54, 1.807) is 6.08 Å². The average Bonchev–Trinajstić information content (AvgIpc) is 3.43. The van der Waals surface area contributed by atoms with Crippen molar-refractivity contribution in [3.63, 3.8) is 0 Å². The van der Waals surface area contributed by atoms with Crippen molar-refractivity contribution in [3.8, 4) is 0 Å². The first-order valence-corrected chi connectivity index (χ1v) is 11.6. The van der Waals surface area contributed by atoms with Gasteiger partial charge in [0.1, 0.15) is 0 Å². The molecule has 1 saturated carbocycles. The zero-order valence-corrected chi connectivity index (χ0v) is 18.7. The molecule has 2 aliphatic rings. The lowest BCUT2D eigenvalue weighted by Gasteiger charge is -2.24. The summed E-state index contributed by atoms with van der Waals surface area (Å²) in [5.41, 5.74) is 4.88. The number of carboxylic acids is 1. The molecule has 2 aromatic carbocycles. The zero-order chi connectivity index (χ0) is 22.6. The number of carbonyl (C=O) groups is 1. The summed E-state index contributed by atoms with van der Waals surface area (Å²) >= 11 is 0. The quantitative estimate of drug-likeness (QED) is 0.462. The SMILES string of the molecule is C[C@@H](OC[C@H](O)CNC1(CC2Cc3ccccc3C2)CC1)c1ccccc1/C=C/C(=O)O. The number of aliphatic hydroxyl groups is 1. The molecule has 32 heavy (non-hydrogen) atoms. The molecule has 1 fully saturated rings. The number of nitrogens with one attached hydrogen (secondary N) is 1. The van der Waals surface area contributed by atoms with Crippen molar-refractivity contribution >= 4 is 12.0 Å². The molecule has 2 aliphatic carbocycles. The Labute approximate surface area is 190 Å². The lowest BCUT2D eigenvalue weighted by Crippen LogP contribution is -2.40. The number of β-amino-alcohol motifs (C(OH)–C–C–N with tert-alkyl or cyclic N) is 1. The number of ether oxygens (including phenoxy) is 1. The van der Waals surface area contributed by atoms with Gasteiger partial charge in [-0.05, 0) is 73.3 Å². The highest BCUT2D eigenvalue weighted by atomic mass is 16.5. The number of carboxylic acid groups (broad SMARTS) is 1.